The second kappa shape index (κ2) is 53.5. The fourth-order valence-corrected chi connectivity index (χ4v) is 7.83. The Morgan fingerprint density at radius 2 is 0.896 bits per heavy atom. The van der Waals surface area contributed by atoms with Gasteiger partial charge in [0.25, 0.3) is 0 Å². The second-order valence-corrected chi connectivity index (χ2v) is 18.3. The molecule has 382 valence electrons. The molecule has 0 rings (SSSR count). The fraction of sp³-hybridized carbons (Fsp3) is 0.672. The number of rotatable bonds is 48. The molecule has 0 bridgehead atoms. The molecule has 0 saturated carbocycles. The highest BCUT2D eigenvalue weighted by molar-refractivity contribution is 5.77. The largest absolute Gasteiger partial charge is 0.462 e. The molecule has 0 aromatic heterocycles. The summed E-state index contributed by atoms with van der Waals surface area (Å²) in [6, 6.07) is -0.733. The Morgan fingerprint density at radius 1 is 0.463 bits per heavy atom. The summed E-state index contributed by atoms with van der Waals surface area (Å²) in [4.78, 5) is 26.2. The van der Waals surface area contributed by atoms with E-state index in [2.05, 4.69) is 117 Å². The Hall–Kier alpha value is -3.48. The third-order valence-electron chi connectivity index (χ3n) is 11.9. The van der Waals surface area contributed by atoms with Crippen LogP contribution in [0, 0.1) is 0 Å². The molecule has 0 saturated heterocycles. The van der Waals surface area contributed by atoms with Crippen LogP contribution in [0.2, 0.25) is 0 Å². The number of aliphatic hydroxyl groups excluding tert-OH is 2. The zero-order valence-electron chi connectivity index (χ0n) is 43.5. The smallest absolute Gasteiger partial charge is 0.306 e. The van der Waals surface area contributed by atoms with Crippen LogP contribution in [0.3, 0.4) is 0 Å². The van der Waals surface area contributed by atoms with Crippen molar-refractivity contribution in [1.82, 2.24) is 5.32 Å². The molecule has 6 nitrogen and oxygen atoms in total. The predicted molar refractivity (Wildman–Crippen MR) is 291 cm³/mol. The topological polar surface area (TPSA) is 95.9 Å². The minimum atomic E-state index is -0.815. The standard InChI is InChI=1S/C61H103NO5/c1-4-7-10-13-16-19-22-25-28-30-32-34-37-40-43-46-49-52-57(67-61(66)54-51-48-45-42-39-36-31-27-24-21-18-15-12-9-6-3)55-60(65)62-58(56-63)59(64)53-50-47-44-41-38-35-33-29-26-23-20-17-14-11-8-5-2/h7,9-10,12,15-16,18-19,21,24-25,27-28,31-32,34,40,43,57-59,63-64H,4-6,8,11,13-14,17,20,22-23,26,29-30,33,35-39,41-42,44-56H2,1-3H3,(H,62,65)/b10-7-,12-9+,18-15+,19-16-,24-21+,28-25-,31-27-,34-32-,43-40-. The van der Waals surface area contributed by atoms with Crippen molar-refractivity contribution in [2.45, 2.75) is 257 Å². The number of hydrogen-bond donors (Lipinski definition) is 3. The van der Waals surface area contributed by atoms with Gasteiger partial charge in [-0.2, -0.15) is 0 Å². The predicted octanol–water partition coefficient (Wildman–Crippen LogP) is 17.1. The van der Waals surface area contributed by atoms with E-state index in [1.165, 1.54) is 83.5 Å². The lowest BCUT2D eigenvalue weighted by molar-refractivity contribution is -0.151. The molecule has 0 aromatic carbocycles. The first kappa shape index (κ1) is 63.5. The highest BCUT2D eigenvalue weighted by atomic mass is 16.5. The third-order valence-corrected chi connectivity index (χ3v) is 11.9. The van der Waals surface area contributed by atoms with E-state index in [0.717, 1.165) is 109 Å². The molecular formula is C61H103NO5. The van der Waals surface area contributed by atoms with E-state index in [0.29, 0.717) is 19.3 Å². The average Bonchev–Trinajstić information content (AvgIpc) is 3.32. The van der Waals surface area contributed by atoms with Crippen molar-refractivity contribution >= 4 is 11.9 Å². The molecule has 3 unspecified atom stereocenters. The SMILES string of the molecule is CC/C=C\C/C=C\C/C=C\C/C=C\C/C=C\CCCC(CC(=O)NC(CO)C(O)CCCCCCCCCCCCCCCCCC)OC(=O)CCCCCCC\C=C/C=C/C=C/C=C/CC. The molecule has 0 aliphatic heterocycles. The third kappa shape index (κ3) is 48.8. The van der Waals surface area contributed by atoms with Gasteiger partial charge in [-0.25, -0.2) is 0 Å². The number of amides is 1. The monoisotopic (exact) mass is 930 g/mol. The van der Waals surface area contributed by atoms with Crippen molar-refractivity contribution < 1.29 is 24.5 Å². The van der Waals surface area contributed by atoms with Crippen LogP contribution >= 0.6 is 0 Å². The van der Waals surface area contributed by atoms with Gasteiger partial charge < -0.3 is 20.3 Å². The van der Waals surface area contributed by atoms with Crippen LogP contribution < -0.4 is 5.32 Å². The van der Waals surface area contributed by atoms with Gasteiger partial charge in [-0.15, -0.1) is 0 Å². The summed E-state index contributed by atoms with van der Waals surface area (Å²) in [5, 5.41) is 23.8. The number of allylic oxidation sites excluding steroid dienone is 18. The zero-order chi connectivity index (χ0) is 48.8. The van der Waals surface area contributed by atoms with Gasteiger partial charge in [0.2, 0.25) is 5.91 Å². The molecule has 3 N–H and O–H groups in total. The lowest BCUT2D eigenvalue weighted by Gasteiger charge is -2.24. The van der Waals surface area contributed by atoms with Crippen molar-refractivity contribution in [3.8, 4) is 0 Å². The molecule has 0 radical (unpaired) electrons. The summed E-state index contributed by atoms with van der Waals surface area (Å²) >= 11 is 0. The number of unbranched alkanes of at least 4 members (excludes halogenated alkanes) is 21. The van der Waals surface area contributed by atoms with E-state index in [9.17, 15) is 19.8 Å². The van der Waals surface area contributed by atoms with Gasteiger partial charge in [0.1, 0.15) is 6.10 Å². The van der Waals surface area contributed by atoms with E-state index in [1.807, 2.05) is 18.2 Å². The number of ether oxygens (including phenoxy) is 1. The van der Waals surface area contributed by atoms with E-state index < -0.39 is 18.2 Å². The summed E-state index contributed by atoms with van der Waals surface area (Å²) in [7, 11) is 0. The Labute approximate surface area is 413 Å². The first-order valence-corrected chi connectivity index (χ1v) is 27.7. The van der Waals surface area contributed by atoms with Crippen LogP contribution in [0.4, 0.5) is 0 Å². The van der Waals surface area contributed by atoms with Gasteiger partial charge in [-0.3, -0.25) is 9.59 Å². The first-order valence-electron chi connectivity index (χ1n) is 27.7. The summed E-state index contributed by atoms with van der Waals surface area (Å²) < 4.78 is 5.91. The van der Waals surface area contributed by atoms with Crippen molar-refractivity contribution in [2.75, 3.05) is 6.61 Å². The molecule has 1 amide bonds. The van der Waals surface area contributed by atoms with Gasteiger partial charge in [-0.1, -0.05) is 252 Å². The summed E-state index contributed by atoms with van der Waals surface area (Å²) in [5.74, 6) is -0.563. The Balaban J connectivity index is 4.72. The number of esters is 1. The molecule has 67 heavy (non-hydrogen) atoms. The van der Waals surface area contributed by atoms with Gasteiger partial charge in [0, 0.05) is 6.42 Å². The van der Waals surface area contributed by atoms with Crippen LogP contribution in [-0.2, 0) is 14.3 Å². The first-order chi connectivity index (χ1) is 33.0. The highest BCUT2D eigenvalue weighted by Crippen LogP contribution is 2.17. The van der Waals surface area contributed by atoms with Gasteiger partial charge in [0.15, 0.2) is 0 Å². The Bertz CT molecular complexity index is 1370. The summed E-state index contributed by atoms with van der Waals surface area (Å²) in [5.41, 5.74) is 0. The van der Waals surface area contributed by atoms with E-state index in [1.54, 1.807) is 0 Å². The molecule has 0 fully saturated rings. The van der Waals surface area contributed by atoms with Crippen LogP contribution in [0.1, 0.15) is 239 Å². The molecule has 0 spiro atoms. The Kier molecular flexibility index (Phi) is 50.7. The van der Waals surface area contributed by atoms with Crippen LogP contribution in [0.15, 0.2) is 109 Å². The van der Waals surface area contributed by atoms with Crippen molar-refractivity contribution in [2.24, 2.45) is 0 Å². The van der Waals surface area contributed by atoms with Gasteiger partial charge in [0.05, 0.1) is 25.2 Å². The number of carbonyl (C=O) groups excluding carboxylic acids is 2. The van der Waals surface area contributed by atoms with Crippen LogP contribution in [-0.4, -0.2) is 46.9 Å². The second-order valence-electron chi connectivity index (χ2n) is 18.3. The lowest BCUT2D eigenvalue weighted by Crippen LogP contribution is -2.46. The molecule has 3 atom stereocenters. The molecular weight excluding hydrogens is 827 g/mol. The van der Waals surface area contributed by atoms with Crippen LogP contribution in [0.25, 0.3) is 0 Å². The van der Waals surface area contributed by atoms with E-state index >= 15 is 0 Å². The summed E-state index contributed by atoms with van der Waals surface area (Å²) in [6.07, 6.45) is 72.9. The molecule has 6 heteroatoms. The maximum atomic E-state index is 13.3. The number of nitrogens with one attached hydrogen (secondary N) is 1. The lowest BCUT2D eigenvalue weighted by atomic mass is 10.0. The average molecular weight is 930 g/mol. The van der Waals surface area contributed by atoms with Crippen molar-refractivity contribution in [1.29, 1.82) is 0 Å². The molecule has 0 aliphatic carbocycles. The Morgan fingerprint density at radius 3 is 1.42 bits per heavy atom. The normalized spacial score (nSPS) is 14.0. The van der Waals surface area contributed by atoms with Gasteiger partial charge in [-0.05, 0) is 83.5 Å². The minimum Gasteiger partial charge on any atom is -0.462 e. The summed E-state index contributed by atoms with van der Waals surface area (Å²) in [6.45, 7) is 6.22. The maximum absolute atomic E-state index is 13.3. The van der Waals surface area contributed by atoms with E-state index in [4.69, 9.17) is 4.74 Å². The molecule has 0 aliphatic rings. The molecule has 0 heterocycles. The number of hydrogen-bond acceptors (Lipinski definition) is 5. The van der Waals surface area contributed by atoms with Crippen molar-refractivity contribution in [3.05, 3.63) is 109 Å². The quantitative estimate of drug-likeness (QED) is 0.0244. The van der Waals surface area contributed by atoms with Gasteiger partial charge >= 0.3 is 5.97 Å². The number of carbonyl (C=O) groups is 2. The maximum Gasteiger partial charge on any atom is 0.306 e. The zero-order valence-corrected chi connectivity index (χ0v) is 43.5. The number of aliphatic hydroxyl groups is 2. The van der Waals surface area contributed by atoms with Crippen molar-refractivity contribution in [3.63, 3.8) is 0 Å². The molecule has 0 aromatic rings. The highest BCUT2D eigenvalue weighted by Gasteiger charge is 2.24. The van der Waals surface area contributed by atoms with E-state index in [-0.39, 0.29) is 24.9 Å². The fourth-order valence-electron chi connectivity index (χ4n) is 7.83. The van der Waals surface area contributed by atoms with Crippen LogP contribution in [0.5, 0.6) is 0 Å². The minimum absolute atomic E-state index is 0.0224.